The highest BCUT2D eigenvalue weighted by Crippen LogP contribution is 2.36. The minimum atomic E-state index is -1.65. The van der Waals surface area contributed by atoms with Gasteiger partial charge in [-0.2, -0.15) is 0 Å². The third-order valence-corrected chi connectivity index (χ3v) is 8.06. The van der Waals surface area contributed by atoms with Crippen molar-refractivity contribution in [3.63, 3.8) is 0 Å². The van der Waals surface area contributed by atoms with Gasteiger partial charge in [0.25, 0.3) is 0 Å². The van der Waals surface area contributed by atoms with Crippen molar-refractivity contribution < 1.29 is 4.43 Å². The summed E-state index contributed by atoms with van der Waals surface area (Å²) in [6, 6.07) is 1.79. The second-order valence-corrected chi connectivity index (χ2v) is 10.9. The van der Waals surface area contributed by atoms with Crippen molar-refractivity contribution >= 4 is 19.9 Å². The molecule has 3 nitrogen and oxygen atoms in total. The average Bonchev–Trinajstić information content (AvgIpc) is 2.15. The largest absolute Gasteiger partial charge is 0.416 e. The fourth-order valence-corrected chi connectivity index (χ4v) is 2.35. The molecule has 1 aromatic heterocycles. The number of hydrogen-bond donors (Lipinski definition) is 0. The van der Waals surface area contributed by atoms with Crippen molar-refractivity contribution in [2.75, 3.05) is 6.61 Å². The normalized spacial score (nSPS) is 12.8. The van der Waals surface area contributed by atoms with Gasteiger partial charge in [0.05, 0.1) is 0 Å². The highest BCUT2D eigenvalue weighted by molar-refractivity contribution is 6.74. The van der Waals surface area contributed by atoms with Gasteiger partial charge in [-0.15, -0.1) is 0 Å². The summed E-state index contributed by atoms with van der Waals surface area (Å²) in [6.45, 7) is 11.9. The molecule has 0 saturated carbocycles. The van der Waals surface area contributed by atoms with Crippen LogP contribution in [0.25, 0.3) is 0 Å². The maximum Gasteiger partial charge on any atom is 0.191 e. The molecule has 0 aliphatic heterocycles. The fourth-order valence-electron chi connectivity index (χ4n) is 1.13. The molecule has 0 bridgehead atoms. The molecule has 0 atom stereocenters. The van der Waals surface area contributed by atoms with Gasteiger partial charge >= 0.3 is 0 Å². The smallest absolute Gasteiger partial charge is 0.191 e. The molecule has 17 heavy (non-hydrogen) atoms. The Morgan fingerprint density at radius 2 is 1.94 bits per heavy atom. The quantitative estimate of drug-likeness (QED) is 0.619. The summed E-state index contributed by atoms with van der Waals surface area (Å²) in [5.74, 6) is 0. The van der Waals surface area contributed by atoms with Gasteiger partial charge in [0.15, 0.2) is 8.32 Å². The van der Waals surface area contributed by atoms with Crippen LogP contribution in [0.5, 0.6) is 0 Å². The van der Waals surface area contributed by atoms with E-state index in [1.54, 1.807) is 6.07 Å². The van der Waals surface area contributed by atoms with E-state index >= 15 is 0 Å². The monoisotopic (exact) mass is 272 g/mol. The molecule has 0 N–H and O–H groups in total. The molecule has 0 fully saturated rings. The van der Waals surface area contributed by atoms with Gasteiger partial charge in [0.1, 0.15) is 11.5 Å². The van der Waals surface area contributed by atoms with E-state index < -0.39 is 8.32 Å². The molecular formula is C12H21ClN2OSi. The molecule has 96 valence electrons. The topological polar surface area (TPSA) is 35.0 Å². The molecule has 0 saturated heterocycles. The van der Waals surface area contributed by atoms with E-state index in [0.29, 0.717) is 11.8 Å². The van der Waals surface area contributed by atoms with Crippen molar-refractivity contribution in [3.8, 4) is 0 Å². The minimum Gasteiger partial charge on any atom is -0.416 e. The van der Waals surface area contributed by atoms with Crippen LogP contribution in [0.2, 0.25) is 23.3 Å². The number of nitrogens with zero attached hydrogens (tertiary/aromatic N) is 2. The summed E-state index contributed by atoms with van der Waals surface area (Å²) in [5.41, 5.74) is 0.934. The Hall–Kier alpha value is -0.453. The molecule has 0 unspecified atom stereocenters. The van der Waals surface area contributed by atoms with Crippen LogP contribution in [0.4, 0.5) is 0 Å². The van der Waals surface area contributed by atoms with E-state index in [4.69, 9.17) is 16.0 Å². The average molecular weight is 273 g/mol. The molecule has 0 radical (unpaired) electrons. The van der Waals surface area contributed by atoms with Crippen molar-refractivity contribution in [1.29, 1.82) is 0 Å². The minimum absolute atomic E-state index is 0.246. The summed E-state index contributed by atoms with van der Waals surface area (Å²) in [4.78, 5) is 8.02. The highest BCUT2D eigenvalue weighted by atomic mass is 35.5. The third kappa shape index (κ3) is 4.37. The van der Waals surface area contributed by atoms with Gasteiger partial charge in [-0.1, -0.05) is 32.4 Å². The lowest BCUT2D eigenvalue weighted by molar-refractivity contribution is 0.290. The first kappa shape index (κ1) is 14.6. The molecule has 0 amide bonds. The number of hydrogen-bond acceptors (Lipinski definition) is 3. The van der Waals surface area contributed by atoms with E-state index in [1.165, 1.54) is 6.33 Å². The van der Waals surface area contributed by atoms with Crippen LogP contribution in [-0.2, 0) is 10.8 Å². The third-order valence-electron chi connectivity index (χ3n) is 3.32. The van der Waals surface area contributed by atoms with Gasteiger partial charge in [0, 0.05) is 18.7 Å². The summed E-state index contributed by atoms with van der Waals surface area (Å²) in [5, 5.41) is 0.735. The van der Waals surface area contributed by atoms with Crippen molar-refractivity contribution in [2.45, 2.75) is 45.3 Å². The molecule has 1 aromatic rings. The Labute approximate surface area is 110 Å². The number of halogens is 1. The van der Waals surface area contributed by atoms with E-state index in [-0.39, 0.29) is 5.04 Å². The van der Waals surface area contributed by atoms with Gasteiger partial charge in [0.2, 0.25) is 0 Å². The highest BCUT2D eigenvalue weighted by Gasteiger charge is 2.36. The second kappa shape index (κ2) is 5.46. The Kier molecular flexibility index (Phi) is 4.69. The fraction of sp³-hybridized carbons (Fsp3) is 0.667. The first-order valence-corrected chi connectivity index (χ1v) is 9.11. The summed E-state index contributed by atoms with van der Waals surface area (Å²) in [7, 11) is -1.65. The Morgan fingerprint density at radius 3 is 2.47 bits per heavy atom. The predicted octanol–water partition coefficient (Wildman–Crippen LogP) is 3.69. The summed E-state index contributed by atoms with van der Waals surface area (Å²) in [6.07, 6.45) is 2.28. The first-order chi connectivity index (χ1) is 7.72. The van der Waals surface area contributed by atoms with Crippen molar-refractivity contribution in [1.82, 2.24) is 9.97 Å². The lowest BCUT2D eigenvalue weighted by Crippen LogP contribution is -2.41. The van der Waals surface area contributed by atoms with Crippen LogP contribution >= 0.6 is 11.6 Å². The SMILES string of the molecule is CC(C)(C)[Si](C)(C)OCCc1cc(Cl)ncn1. The van der Waals surface area contributed by atoms with Crippen LogP contribution in [0, 0.1) is 0 Å². The lowest BCUT2D eigenvalue weighted by atomic mass is 10.2. The second-order valence-electron chi connectivity index (χ2n) is 5.69. The zero-order valence-electron chi connectivity index (χ0n) is 11.2. The number of aromatic nitrogens is 2. The lowest BCUT2D eigenvalue weighted by Gasteiger charge is -2.36. The molecule has 1 rings (SSSR count). The Bertz CT molecular complexity index is 377. The van der Waals surface area contributed by atoms with E-state index in [1.807, 2.05) is 0 Å². The van der Waals surface area contributed by atoms with E-state index in [2.05, 4.69) is 43.8 Å². The summed E-state index contributed by atoms with van der Waals surface area (Å²) < 4.78 is 6.07. The molecule has 0 aliphatic rings. The van der Waals surface area contributed by atoms with Crippen molar-refractivity contribution in [3.05, 3.63) is 23.2 Å². The molecule has 0 spiro atoms. The van der Waals surface area contributed by atoms with Gasteiger partial charge in [-0.25, -0.2) is 9.97 Å². The zero-order chi connectivity index (χ0) is 13.1. The standard InChI is InChI=1S/C12H21ClN2OSi/c1-12(2,3)17(4,5)16-7-6-10-8-11(13)15-9-14-10/h8-9H,6-7H2,1-5H3. The molecule has 0 aliphatic carbocycles. The van der Waals surface area contributed by atoms with E-state index in [0.717, 1.165) is 12.1 Å². The Morgan fingerprint density at radius 1 is 1.29 bits per heavy atom. The van der Waals surface area contributed by atoms with Gasteiger partial charge < -0.3 is 4.43 Å². The van der Waals surface area contributed by atoms with Crippen LogP contribution in [0.1, 0.15) is 26.5 Å². The number of rotatable bonds is 4. The maximum atomic E-state index is 6.07. The maximum absolute atomic E-state index is 6.07. The van der Waals surface area contributed by atoms with Crippen LogP contribution < -0.4 is 0 Å². The molecule has 1 heterocycles. The van der Waals surface area contributed by atoms with Crippen LogP contribution in [0.3, 0.4) is 0 Å². The predicted molar refractivity (Wildman–Crippen MR) is 73.9 cm³/mol. The van der Waals surface area contributed by atoms with Crippen LogP contribution in [-0.4, -0.2) is 24.9 Å². The van der Waals surface area contributed by atoms with Crippen LogP contribution in [0.15, 0.2) is 12.4 Å². The molecule has 5 heteroatoms. The molecule has 0 aromatic carbocycles. The van der Waals surface area contributed by atoms with E-state index in [9.17, 15) is 0 Å². The molecular weight excluding hydrogens is 252 g/mol. The first-order valence-electron chi connectivity index (χ1n) is 5.83. The van der Waals surface area contributed by atoms with Crippen molar-refractivity contribution in [2.24, 2.45) is 0 Å². The van der Waals surface area contributed by atoms with Gasteiger partial charge in [-0.3, -0.25) is 0 Å². The zero-order valence-corrected chi connectivity index (χ0v) is 13.0. The Balaban J connectivity index is 2.48. The van der Waals surface area contributed by atoms with Gasteiger partial charge in [-0.05, 0) is 24.2 Å². The summed E-state index contributed by atoms with van der Waals surface area (Å²) >= 11 is 5.80.